The summed E-state index contributed by atoms with van der Waals surface area (Å²) in [5.41, 5.74) is 4.73. The summed E-state index contributed by atoms with van der Waals surface area (Å²) in [5, 5.41) is 17.9. The standard InChI is InChI=1S/C19H25N7/c1-14-5-6-18-21-22-19(26(18)23-14)15-7-10-24(11-8-15)13-16-12-20-25-9-3-2-4-17(16)25/h5-6,12,15H,2-4,7-11,13H2,1H3. The van der Waals surface area contributed by atoms with Crippen LogP contribution in [0.5, 0.6) is 0 Å². The molecule has 2 aliphatic heterocycles. The number of fused-ring (bicyclic) bond motifs is 2. The molecule has 0 bridgehead atoms. The maximum atomic E-state index is 4.61. The van der Waals surface area contributed by atoms with E-state index in [1.165, 1.54) is 30.5 Å². The Morgan fingerprint density at radius 2 is 1.96 bits per heavy atom. The zero-order valence-corrected chi connectivity index (χ0v) is 15.3. The molecule has 0 atom stereocenters. The number of likely N-dealkylation sites (tertiary alicyclic amines) is 1. The van der Waals surface area contributed by atoms with Crippen LogP contribution in [0.25, 0.3) is 5.65 Å². The van der Waals surface area contributed by atoms with Gasteiger partial charge in [-0.05, 0) is 64.3 Å². The highest BCUT2D eigenvalue weighted by Crippen LogP contribution is 2.28. The van der Waals surface area contributed by atoms with E-state index in [2.05, 4.69) is 36.2 Å². The third kappa shape index (κ3) is 2.80. The summed E-state index contributed by atoms with van der Waals surface area (Å²) in [6, 6.07) is 3.99. The first-order valence-electron chi connectivity index (χ1n) is 9.73. The van der Waals surface area contributed by atoms with Gasteiger partial charge in [-0.2, -0.15) is 14.7 Å². The fraction of sp³-hybridized carbons (Fsp3) is 0.579. The number of aryl methyl sites for hydroxylation is 2. The van der Waals surface area contributed by atoms with Gasteiger partial charge in [0.25, 0.3) is 0 Å². The molecule has 1 saturated heterocycles. The van der Waals surface area contributed by atoms with Crippen LogP contribution in [0.4, 0.5) is 0 Å². The maximum absolute atomic E-state index is 4.61. The normalized spacial score (nSPS) is 19.1. The Morgan fingerprint density at radius 3 is 2.85 bits per heavy atom. The first-order chi connectivity index (χ1) is 12.8. The minimum atomic E-state index is 0.441. The van der Waals surface area contributed by atoms with Gasteiger partial charge in [0.2, 0.25) is 0 Å². The van der Waals surface area contributed by atoms with Crippen molar-refractivity contribution in [2.24, 2.45) is 0 Å². The van der Waals surface area contributed by atoms with Gasteiger partial charge in [-0.1, -0.05) is 0 Å². The van der Waals surface area contributed by atoms with Crippen molar-refractivity contribution >= 4 is 5.65 Å². The molecule has 5 heterocycles. The van der Waals surface area contributed by atoms with Gasteiger partial charge in [0.15, 0.2) is 11.5 Å². The van der Waals surface area contributed by atoms with Crippen LogP contribution in [0.3, 0.4) is 0 Å². The Kier molecular flexibility index (Phi) is 3.96. The van der Waals surface area contributed by atoms with Crippen LogP contribution >= 0.6 is 0 Å². The van der Waals surface area contributed by atoms with Crippen molar-refractivity contribution in [1.82, 2.24) is 34.5 Å². The molecule has 1 fully saturated rings. The summed E-state index contributed by atoms with van der Waals surface area (Å²) in [4.78, 5) is 2.56. The lowest BCUT2D eigenvalue weighted by Crippen LogP contribution is -2.33. The van der Waals surface area contributed by atoms with E-state index in [1.54, 1.807) is 0 Å². The van der Waals surface area contributed by atoms with Crippen molar-refractivity contribution in [3.63, 3.8) is 0 Å². The minimum absolute atomic E-state index is 0.441. The van der Waals surface area contributed by atoms with Crippen molar-refractivity contribution in [3.8, 4) is 0 Å². The van der Waals surface area contributed by atoms with Gasteiger partial charge in [0.1, 0.15) is 0 Å². The molecule has 0 saturated carbocycles. The molecule has 3 aromatic rings. The van der Waals surface area contributed by atoms with E-state index in [4.69, 9.17) is 0 Å². The highest BCUT2D eigenvalue weighted by molar-refractivity contribution is 5.36. The van der Waals surface area contributed by atoms with Crippen molar-refractivity contribution in [3.05, 3.63) is 41.1 Å². The van der Waals surface area contributed by atoms with Gasteiger partial charge in [-0.25, -0.2) is 0 Å². The Balaban J connectivity index is 1.27. The number of piperidine rings is 1. The summed E-state index contributed by atoms with van der Waals surface area (Å²) in [7, 11) is 0. The van der Waals surface area contributed by atoms with Gasteiger partial charge in [0, 0.05) is 30.3 Å². The zero-order chi connectivity index (χ0) is 17.5. The molecule has 0 aromatic carbocycles. The maximum Gasteiger partial charge on any atom is 0.177 e. The molecule has 0 unspecified atom stereocenters. The molecule has 0 radical (unpaired) electrons. The van der Waals surface area contributed by atoms with Crippen LogP contribution in [0.1, 0.15) is 54.4 Å². The molecule has 26 heavy (non-hydrogen) atoms. The molecule has 0 aliphatic carbocycles. The Labute approximate surface area is 153 Å². The SMILES string of the molecule is Cc1ccc2nnc(C3CCN(Cc4cnn5c4CCCC5)CC3)n2n1. The molecule has 5 rings (SSSR count). The van der Waals surface area contributed by atoms with E-state index < -0.39 is 0 Å². The number of aromatic nitrogens is 6. The fourth-order valence-corrected chi connectivity index (χ4v) is 4.36. The summed E-state index contributed by atoms with van der Waals surface area (Å²) >= 11 is 0. The van der Waals surface area contributed by atoms with Crippen LogP contribution in [-0.4, -0.2) is 47.6 Å². The molecule has 7 heteroatoms. The van der Waals surface area contributed by atoms with E-state index in [0.29, 0.717) is 5.92 Å². The van der Waals surface area contributed by atoms with E-state index in [9.17, 15) is 0 Å². The van der Waals surface area contributed by atoms with Crippen LogP contribution in [0, 0.1) is 6.92 Å². The van der Waals surface area contributed by atoms with Crippen LogP contribution in [-0.2, 0) is 19.5 Å². The zero-order valence-electron chi connectivity index (χ0n) is 15.3. The first kappa shape index (κ1) is 15.9. The first-order valence-corrected chi connectivity index (χ1v) is 9.73. The van der Waals surface area contributed by atoms with Gasteiger partial charge in [-0.3, -0.25) is 9.58 Å². The number of nitrogens with zero attached hydrogens (tertiary/aromatic N) is 7. The molecule has 7 nitrogen and oxygen atoms in total. The highest BCUT2D eigenvalue weighted by atomic mass is 15.4. The lowest BCUT2D eigenvalue weighted by molar-refractivity contribution is 0.200. The number of hydrogen-bond acceptors (Lipinski definition) is 5. The smallest absolute Gasteiger partial charge is 0.177 e. The second kappa shape index (κ2) is 6.46. The summed E-state index contributed by atoms with van der Waals surface area (Å²) in [6.07, 6.45) is 8.06. The Morgan fingerprint density at radius 1 is 1.08 bits per heavy atom. The largest absolute Gasteiger partial charge is 0.299 e. The minimum Gasteiger partial charge on any atom is -0.299 e. The molecule has 3 aromatic heterocycles. The van der Waals surface area contributed by atoms with Crippen molar-refractivity contribution in [1.29, 1.82) is 0 Å². The second-order valence-corrected chi connectivity index (χ2v) is 7.65. The van der Waals surface area contributed by atoms with Gasteiger partial charge < -0.3 is 0 Å². The molecule has 0 amide bonds. The summed E-state index contributed by atoms with van der Waals surface area (Å²) in [5.74, 6) is 1.46. The van der Waals surface area contributed by atoms with E-state index >= 15 is 0 Å². The molecular weight excluding hydrogens is 326 g/mol. The van der Waals surface area contributed by atoms with E-state index in [1.807, 2.05) is 23.6 Å². The topological polar surface area (TPSA) is 64.1 Å². The number of hydrogen-bond donors (Lipinski definition) is 0. The molecule has 0 spiro atoms. The van der Waals surface area contributed by atoms with Crippen molar-refractivity contribution in [2.45, 2.75) is 58.0 Å². The van der Waals surface area contributed by atoms with Crippen LogP contribution < -0.4 is 0 Å². The third-order valence-electron chi connectivity index (χ3n) is 5.84. The monoisotopic (exact) mass is 351 g/mol. The Bertz CT molecular complexity index is 917. The summed E-state index contributed by atoms with van der Waals surface area (Å²) < 4.78 is 4.14. The lowest BCUT2D eigenvalue weighted by atomic mass is 9.95. The molecule has 2 aliphatic rings. The second-order valence-electron chi connectivity index (χ2n) is 7.65. The average molecular weight is 351 g/mol. The lowest BCUT2D eigenvalue weighted by Gasteiger charge is -2.31. The van der Waals surface area contributed by atoms with Crippen molar-refractivity contribution < 1.29 is 0 Å². The molecular formula is C19H25N7. The number of rotatable bonds is 3. The molecule has 0 N–H and O–H groups in total. The fourth-order valence-electron chi connectivity index (χ4n) is 4.36. The van der Waals surface area contributed by atoms with E-state index in [0.717, 1.165) is 56.2 Å². The predicted molar refractivity (Wildman–Crippen MR) is 97.9 cm³/mol. The summed E-state index contributed by atoms with van der Waals surface area (Å²) in [6.45, 7) is 6.31. The highest BCUT2D eigenvalue weighted by Gasteiger charge is 2.26. The van der Waals surface area contributed by atoms with Crippen molar-refractivity contribution in [2.75, 3.05) is 13.1 Å². The van der Waals surface area contributed by atoms with E-state index in [-0.39, 0.29) is 0 Å². The van der Waals surface area contributed by atoms with Crippen LogP contribution in [0.2, 0.25) is 0 Å². The van der Waals surface area contributed by atoms with Gasteiger partial charge >= 0.3 is 0 Å². The predicted octanol–water partition coefficient (Wildman–Crippen LogP) is 2.35. The Hall–Kier alpha value is -2.28. The molecule has 136 valence electrons. The van der Waals surface area contributed by atoms with Crippen LogP contribution in [0.15, 0.2) is 18.3 Å². The third-order valence-corrected chi connectivity index (χ3v) is 5.84. The average Bonchev–Trinajstić information content (AvgIpc) is 3.27. The van der Waals surface area contributed by atoms with Gasteiger partial charge in [-0.15, -0.1) is 10.2 Å². The van der Waals surface area contributed by atoms with Gasteiger partial charge in [0.05, 0.1) is 11.9 Å². The quantitative estimate of drug-likeness (QED) is 0.725.